The van der Waals surface area contributed by atoms with E-state index < -0.39 is 5.97 Å². The van der Waals surface area contributed by atoms with Crippen molar-refractivity contribution < 1.29 is 14.3 Å². The third kappa shape index (κ3) is 4.90. The number of ketones is 1. The molecular weight excluding hydrogens is 390 g/mol. The Balaban J connectivity index is 1.71. The fourth-order valence-corrected chi connectivity index (χ4v) is 3.16. The lowest BCUT2D eigenvalue weighted by Gasteiger charge is -2.09. The van der Waals surface area contributed by atoms with E-state index in [4.69, 9.17) is 16.3 Å². The fourth-order valence-electron chi connectivity index (χ4n) is 2.98. The molecule has 0 spiro atoms. The van der Waals surface area contributed by atoms with E-state index in [0.717, 1.165) is 29.8 Å². The number of ether oxygens (including phenoxy) is 1. The van der Waals surface area contributed by atoms with Crippen molar-refractivity contribution in [3.63, 3.8) is 0 Å². The van der Waals surface area contributed by atoms with Crippen LogP contribution in [0.25, 0.3) is 5.82 Å². The average molecular weight is 412 g/mol. The van der Waals surface area contributed by atoms with Crippen molar-refractivity contribution in [2.45, 2.75) is 33.6 Å². The zero-order valence-electron chi connectivity index (χ0n) is 16.6. The second-order valence-electron chi connectivity index (χ2n) is 6.79. The highest BCUT2D eigenvalue weighted by atomic mass is 35.5. The molecule has 0 amide bonds. The predicted octanol–water partition coefficient (Wildman–Crippen LogP) is 4.53. The number of esters is 1. The predicted molar refractivity (Wildman–Crippen MR) is 111 cm³/mol. The largest absolute Gasteiger partial charge is 0.453 e. The van der Waals surface area contributed by atoms with Crippen LogP contribution >= 0.6 is 11.6 Å². The van der Waals surface area contributed by atoms with Gasteiger partial charge in [-0.25, -0.2) is 14.5 Å². The molecule has 0 atom stereocenters. The van der Waals surface area contributed by atoms with Gasteiger partial charge in [-0.15, -0.1) is 0 Å². The van der Waals surface area contributed by atoms with Crippen molar-refractivity contribution in [1.82, 2.24) is 14.8 Å². The lowest BCUT2D eigenvalue weighted by molar-refractivity contribution is 0.0469. The number of aryl methyl sites for hydroxylation is 3. The first-order valence-corrected chi connectivity index (χ1v) is 9.76. The topological polar surface area (TPSA) is 74.1 Å². The molecule has 0 radical (unpaired) electrons. The highest BCUT2D eigenvalue weighted by Crippen LogP contribution is 2.19. The molecule has 29 heavy (non-hydrogen) atoms. The number of hydrogen-bond donors (Lipinski definition) is 0. The van der Waals surface area contributed by atoms with Crippen molar-refractivity contribution in [3.8, 4) is 5.82 Å². The molecule has 0 aliphatic heterocycles. The number of Topliss-reactive ketones (excluding diaryl/α,β-unsaturated/α-hetero) is 1. The zero-order chi connectivity index (χ0) is 21.0. The summed E-state index contributed by atoms with van der Waals surface area (Å²) in [6, 6.07) is 12.4. The molecule has 6 nitrogen and oxygen atoms in total. The van der Waals surface area contributed by atoms with Gasteiger partial charge in [0.15, 0.2) is 23.9 Å². The zero-order valence-corrected chi connectivity index (χ0v) is 17.4. The van der Waals surface area contributed by atoms with Crippen LogP contribution in [0.15, 0.2) is 42.5 Å². The number of halogens is 1. The number of hydrogen-bond acceptors (Lipinski definition) is 5. The SMILES string of the molecule is CCCc1ccc(C(=O)COC(=O)c2nc(-n3nc(C)cc3C)ccc2Cl)cc1. The van der Waals surface area contributed by atoms with Gasteiger partial charge in [0, 0.05) is 11.3 Å². The molecule has 0 bridgehead atoms. The summed E-state index contributed by atoms with van der Waals surface area (Å²) in [5.74, 6) is -0.591. The Kier molecular flexibility index (Phi) is 6.44. The molecule has 150 valence electrons. The maximum Gasteiger partial charge on any atom is 0.359 e. The maximum absolute atomic E-state index is 12.5. The molecular formula is C22H22ClN3O3. The molecule has 0 N–H and O–H groups in total. The minimum Gasteiger partial charge on any atom is -0.453 e. The van der Waals surface area contributed by atoms with Crippen molar-refractivity contribution in [2.24, 2.45) is 0 Å². The lowest BCUT2D eigenvalue weighted by Crippen LogP contribution is -2.16. The summed E-state index contributed by atoms with van der Waals surface area (Å²) in [7, 11) is 0. The van der Waals surface area contributed by atoms with Crippen LogP contribution in [0.3, 0.4) is 0 Å². The van der Waals surface area contributed by atoms with Gasteiger partial charge >= 0.3 is 5.97 Å². The first kappa shape index (κ1) is 20.7. The molecule has 0 saturated heterocycles. The van der Waals surface area contributed by atoms with Crippen LogP contribution in [0.1, 0.15) is 51.1 Å². The van der Waals surface area contributed by atoms with Crippen molar-refractivity contribution in [2.75, 3.05) is 6.61 Å². The number of nitrogens with zero attached hydrogens (tertiary/aromatic N) is 3. The fraction of sp³-hybridized carbons (Fsp3) is 0.273. The number of rotatable bonds is 7. The molecule has 0 aliphatic rings. The molecule has 0 fully saturated rings. The molecule has 2 heterocycles. The summed E-state index contributed by atoms with van der Waals surface area (Å²) in [5.41, 5.74) is 3.31. The van der Waals surface area contributed by atoms with E-state index in [1.165, 1.54) is 0 Å². The Morgan fingerprint density at radius 3 is 2.45 bits per heavy atom. The highest BCUT2D eigenvalue weighted by Gasteiger charge is 2.18. The highest BCUT2D eigenvalue weighted by molar-refractivity contribution is 6.33. The smallest absolute Gasteiger partial charge is 0.359 e. The van der Waals surface area contributed by atoms with Gasteiger partial charge in [0.05, 0.1) is 10.7 Å². The third-order valence-corrected chi connectivity index (χ3v) is 4.71. The van der Waals surface area contributed by atoms with Gasteiger partial charge < -0.3 is 4.74 Å². The summed E-state index contributed by atoms with van der Waals surface area (Å²) in [6.07, 6.45) is 1.99. The van der Waals surface area contributed by atoms with E-state index in [-0.39, 0.29) is 23.1 Å². The van der Waals surface area contributed by atoms with Gasteiger partial charge in [0.1, 0.15) is 0 Å². The monoisotopic (exact) mass is 411 g/mol. The number of carbonyl (C=O) groups excluding carboxylic acids is 2. The molecule has 7 heteroatoms. The van der Waals surface area contributed by atoms with Crippen LogP contribution in [0, 0.1) is 13.8 Å². The average Bonchev–Trinajstić information content (AvgIpc) is 3.05. The van der Waals surface area contributed by atoms with Crippen LogP contribution in [0.2, 0.25) is 5.02 Å². The number of aromatic nitrogens is 3. The first-order valence-electron chi connectivity index (χ1n) is 9.38. The van der Waals surface area contributed by atoms with Gasteiger partial charge in [0.25, 0.3) is 0 Å². The minimum atomic E-state index is -0.755. The van der Waals surface area contributed by atoms with Gasteiger partial charge in [-0.2, -0.15) is 5.10 Å². The van der Waals surface area contributed by atoms with Crippen LogP contribution in [0.5, 0.6) is 0 Å². The summed E-state index contributed by atoms with van der Waals surface area (Å²) in [4.78, 5) is 29.1. The second-order valence-corrected chi connectivity index (χ2v) is 7.19. The molecule has 0 unspecified atom stereocenters. The third-order valence-electron chi connectivity index (χ3n) is 4.40. The first-order chi connectivity index (χ1) is 13.9. The van der Waals surface area contributed by atoms with E-state index in [9.17, 15) is 9.59 Å². The molecule has 2 aromatic heterocycles. The van der Waals surface area contributed by atoms with Crippen molar-refractivity contribution in [3.05, 3.63) is 75.7 Å². The number of benzene rings is 1. The van der Waals surface area contributed by atoms with E-state index in [1.807, 2.05) is 32.0 Å². The Morgan fingerprint density at radius 2 is 1.83 bits per heavy atom. The normalized spacial score (nSPS) is 10.8. The number of pyridine rings is 1. The maximum atomic E-state index is 12.5. The van der Waals surface area contributed by atoms with Crippen LogP contribution in [-0.2, 0) is 11.2 Å². The second kappa shape index (κ2) is 9.01. The van der Waals surface area contributed by atoms with Gasteiger partial charge in [-0.1, -0.05) is 49.2 Å². The Hall–Kier alpha value is -2.99. The van der Waals surface area contributed by atoms with E-state index >= 15 is 0 Å². The van der Waals surface area contributed by atoms with E-state index in [2.05, 4.69) is 17.0 Å². The van der Waals surface area contributed by atoms with Crippen molar-refractivity contribution in [1.29, 1.82) is 0 Å². The Bertz CT molecular complexity index is 1040. The van der Waals surface area contributed by atoms with E-state index in [1.54, 1.807) is 28.9 Å². The summed E-state index contributed by atoms with van der Waals surface area (Å²) < 4.78 is 6.78. The van der Waals surface area contributed by atoms with Gasteiger partial charge in [-0.05, 0) is 44.0 Å². The summed E-state index contributed by atoms with van der Waals surface area (Å²) >= 11 is 6.13. The standard InChI is InChI=1S/C22H22ClN3O3/c1-4-5-16-6-8-17(9-7-16)19(27)13-29-22(28)21-18(23)10-11-20(24-21)26-15(3)12-14(2)25-26/h6-12H,4-5,13H2,1-3H3. The minimum absolute atomic E-state index is 0.0530. The van der Waals surface area contributed by atoms with Crippen LogP contribution in [0.4, 0.5) is 0 Å². The van der Waals surface area contributed by atoms with Gasteiger partial charge in [0.2, 0.25) is 0 Å². The van der Waals surface area contributed by atoms with Gasteiger partial charge in [-0.3, -0.25) is 4.79 Å². The molecule has 0 aliphatic carbocycles. The molecule has 3 aromatic rings. The Morgan fingerprint density at radius 1 is 1.10 bits per heavy atom. The van der Waals surface area contributed by atoms with E-state index in [0.29, 0.717) is 11.4 Å². The lowest BCUT2D eigenvalue weighted by atomic mass is 10.1. The molecule has 3 rings (SSSR count). The quantitative estimate of drug-likeness (QED) is 0.421. The summed E-state index contributed by atoms with van der Waals surface area (Å²) in [5, 5.41) is 4.50. The molecule has 0 saturated carbocycles. The van der Waals surface area contributed by atoms with Crippen LogP contribution in [-0.4, -0.2) is 33.1 Å². The van der Waals surface area contributed by atoms with Crippen LogP contribution < -0.4 is 0 Å². The molecule has 1 aromatic carbocycles. The number of carbonyl (C=O) groups is 2. The Labute approximate surface area is 174 Å². The summed E-state index contributed by atoms with van der Waals surface area (Å²) in [6.45, 7) is 5.48. The van der Waals surface area contributed by atoms with Crippen molar-refractivity contribution >= 4 is 23.4 Å².